The summed E-state index contributed by atoms with van der Waals surface area (Å²) in [5, 5.41) is 14.2. The lowest BCUT2D eigenvalue weighted by Crippen LogP contribution is -2.10. The van der Waals surface area contributed by atoms with Crippen molar-refractivity contribution in [3.63, 3.8) is 0 Å². The van der Waals surface area contributed by atoms with Crippen molar-refractivity contribution in [2.45, 2.75) is 43.2 Å². The van der Waals surface area contributed by atoms with Crippen LogP contribution in [0.25, 0.3) is 6.08 Å². The minimum absolute atomic E-state index is 0.473. The molecule has 126 valence electrons. The normalized spacial score (nSPS) is 16.8. The second kappa shape index (κ2) is 8.62. The zero-order valence-electron chi connectivity index (χ0n) is 13.7. The predicted octanol–water partition coefficient (Wildman–Crippen LogP) is 5.32. The zero-order chi connectivity index (χ0) is 16.8. The molecule has 1 heterocycles. The third-order valence-electron chi connectivity index (χ3n) is 4.19. The van der Waals surface area contributed by atoms with Crippen LogP contribution in [0.5, 0.6) is 0 Å². The number of halogens is 1. The van der Waals surface area contributed by atoms with Crippen molar-refractivity contribution in [2.24, 2.45) is 5.10 Å². The molecule has 1 aromatic carbocycles. The molecule has 6 heteroatoms. The fourth-order valence-electron chi connectivity index (χ4n) is 2.99. The molecule has 0 bridgehead atoms. The molecule has 0 unspecified atom stereocenters. The minimum Gasteiger partial charge on any atom is -0.191 e. The van der Waals surface area contributed by atoms with Gasteiger partial charge in [0.15, 0.2) is 5.82 Å². The van der Waals surface area contributed by atoms with Crippen molar-refractivity contribution in [3.8, 4) is 0 Å². The Kier molecular flexibility index (Phi) is 6.26. The Morgan fingerprint density at radius 3 is 2.67 bits per heavy atom. The van der Waals surface area contributed by atoms with Gasteiger partial charge in [-0.05, 0) is 46.7 Å². The summed E-state index contributed by atoms with van der Waals surface area (Å²) in [6.45, 7) is 0. The van der Waals surface area contributed by atoms with Crippen LogP contribution in [0.15, 0.2) is 45.1 Å². The van der Waals surface area contributed by atoms with Crippen LogP contribution >= 0.6 is 27.7 Å². The standard InChI is InChI=1S/C18H21BrN4S/c1-24-18-22-21-17(15-10-6-3-7-11-15)23(18)20-13-16(19)12-14-8-4-2-5-9-14/h2,4-5,8-9,12-13,15H,3,6-7,10-11H2,1H3/b16-12?,20-13-. The van der Waals surface area contributed by atoms with Gasteiger partial charge in [-0.1, -0.05) is 61.4 Å². The maximum absolute atomic E-state index is 4.64. The smallest absolute Gasteiger partial charge is 0.191 e. The van der Waals surface area contributed by atoms with Crippen molar-refractivity contribution in [3.05, 3.63) is 46.2 Å². The van der Waals surface area contributed by atoms with E-state index in [9.17, 15) is 0 Å². The second-order valence-corrected chi connectivity index (χ2v) is 7.57. The maximum atomic E-state index is 4.64. The van der Waals surface area contributed by atoms with Gasteiger partial charge in [-0.25, -0.2) is 0 Å². The van der Waals surface area contributed by atoms with Crippen LogP contribution in [0.3, 0.4) is 0 Å². The number of aromatic nitrogens is 3. The average Bonchev–Trinajstić information content (AvgIpc) is 3.04. The first-order chi connectivity index (χ1) is 11.8. The van der Waals surface area contributed by atoms with Crippen LogP contribution < -0.4 is 0 Å². The lowest BCUT2D eigenvalue weighted by atomic mass is 9.89. The fourth-order valence-corrected chi connectivity index (χ4v) is 3.78. The van der Waals surface area contributed by atoms with Crippen molar-refractivity contribution in [1.82, 2.24) is 14.9 Å². The van der Waals surface area contributed by atoms with Gasteiger partial charge in [-0.2, -0.15) is 9.78 Å². The molecular weight excluding hydrogens is 384 g/mol. The van der Waals surface area contributed by atoms with Crippen LogP contribution in [-0.4, -0.2) is 27.3 Å². The Hall–Kier alpha value is -1.40. The molecule has 1 aliphatic rings. The first-order valence-corrected chi connectivity index (χ1v) is 10.3. The van der Waals surface area contributed by atoms with Gasteiger partial charge >= 0.3 is 0 Å². The van der Waals surface area contributed by atoms with E-state index in [1.807, 2.05) is 41.4 Å². The van der Waals surface area contributed by atoms with E-state index in [0.29, 0.717) is 5.92 Å². The highest BCUT2D eigenvalue weighted by Crippen LogP contribution is 2.32. The van der Waals surface area contributed by atoms with Gasteiger partial charge < -0.3 is 0 Å². The molecule has 3 rings (SSSR count). The first-order valence-electron chi connectivity index (χ1n) is 8.24. The lowest BCUT2D eigenvalue weighted by Gasteiger charge is -2.20. The Balaban J connectivity index is 1.83. The van der Waals surface area contributed by atoms with E-state index < -0.39 is 0 Å². The van der Waals surface area contributed by atoms with E-state index in [1.165, 1.54) is 32.1 Å². The molecule has 1 saturated carbocycles. The van der Waals surface area contributed by atoms with E-state index >= 15 is 0 Å². The largest absolute Gasteiger partial charge is 0.211 e. The van der Waals surface area contributed by atoms with E-state index in [4.69, 9.17) is 0 Å². The van der Waals surface area contributed by atoms with Crippen LogP contribution in [0.2, 0.25) is 0 Å². The monoisotopic (exact) mass is 404 g/mol. The molecule has 0 atom stereocenters. The van der Waals surface area contributed by atoms with Gasteiger partial charge in [0, 0.05) is 10.4 Å². The van der Waals surface area contributed by atoms with Gasteiger partial charge in [-0.15, -0.1) is 10.2 Å². The van der Waals surface area contributed by atoms with E-state index in [0.717, 1.165) is 21.0 Å². The zero-order valence-corrected chi connectivity index (χ0v) is 16.1. The third kappa shape index (κ3) is 4.36. The molecule has 0 N–H and O–H groups in total. The number of thioether (sulfide) groups is 1. The first kappa shape index (κ1) is 17.4. The molecule has 0 radical (unpaired) electrons. The molecular formula is C18H21BrN4S. The number of allylic oxidation sites excluding steroid dienone is 1. The topological polar surface area (TPSA) is 43.1 Å². The molecule has 0 amide bonds. The van der Waals surface area contributed by atoms with Gasteiger partial charge in [0.25, 0.3) is 0 Å². The van der Waals surface area contributed by atoms with E-state index in [-0.39, 0.29) is 0 Å². The third-order valence-corrected chi connectivity index (χ3v) is 5.24. The average molecular weight is 405 g/mol. The molecule has 0 aliphatic heterocycles. The maximum Gasteiger partial charge on any atom is 0.211 e. The minimum atomic E-state index is 0.473. The predicted molar refractivity (Wildman–Crippen MR) is 105 cm³/mol. The Labute approximate surface area is 155 Å². The van der Waals surface area contributed by atoms with Crippen LogP contribution in [0.1, 0.15) is 49.4 Å². The number of rotatable bonds is 5. The van der Waals surface area contributed by atoms with Crippen molar-refractivity contribution >= 4 is 40.0 Å². The van der Waals surface area contributed by atoms with Crippen LogP contribution in [0.4, 0.5) is 0 Å². The second-order valence-electron chi connectivity index (χ2n) is 5.88. The highest BCUT2D eigenvalue weighted by atomic mass is 79.9. The number of benzene rings is 1. The van der Waals surface area contributed by atoms with Gasteiger partial charge in [0.2, 0.25) is 5.16 Å². The van der Waals surface area contributed by atoms with Gasteiger partial charge in [0.1, 0.15) is 0 Å². The summed E-state index contributed by atoms with van der Waals surface area (Å²) in [4.78, 5) is 0. The highest BCUT2D eigenvalue weighted by Gasteiger charge is 2.23. The Morgan fingerprint density at radius 2 is 1.96 bits per heavy atom. The summed E-state index contributed by atoms with van der Waals surface area (Å²) in [6, 6.07) is 10.2. The molecule has 1 aliphatic carbocycles. The summed E-state index contributed by atoms with van der Waals surface area (Å²) < 4.78 is 2.82. The molecule has 1 aromatic heterocycles. The summed E-state index contributed by atoms with van der Waals surface area (Å²) >= 11 is 5.16. The fraction of sp³-hybridized carbons (Fsp3) is 0.389. The van der Waals surface area contributed by atoms with Crippen molar-refractivity contribution < 1.29 is 0 Å². The van der Waals surface area contributed by atoms with Crippen LogP contribution in [-0.2, 0) is 0 Å². The SMILES string of the molecule is CSc1nnc(C2CCCCC2)n1/N=C\C(Br)=Cc1ccccc1. The van der Waals surface area contributed by atoms with Gasteiger partial charge in [0.05, 0.1) is 6.21 Å². The summed E-state index contributed by atoms with van der Waals surface area (Å²) in [6.07, 6.45) is 12.1. The van der Waals surface area contributed by atoms with E-state index in [1.54, 1.807) is 11.8 Å². The highest BCUT2D eigenvalue weighted by molar-refractivity contribution is 9.12. The van der Waals surface area contributed by atoms with Crippen molar-refractivity contribution in [2.75, 3.05) is 6.26 Å². The molecule has 0 saturated heterocycles. The molecule has 4 nitrogen and oxygen atoms in total. The summed E-state index contributed by atoms with van der Waals surface area (Å²) in [5.41, 5.74) is 1.14. The molecule has 24 heavy (non-hydrogen) atoms. The van der Waals surface area contributed by atoms with Crippen LogP contribution in [0, 0.1) is 0 Å². The molecule has 1 fully saturated rings. The summed E-state index contributed by atoms with van der Waals surface area (Å²) in [5.74, 6) is 1.47. The molecule has 2 aromatic rings. The number of hydrogen-bond acceptors (Lipinski definition) is 4. The Bertz CT molecular complexity index is 718. The number of nitrogens with zero attached hydrogens (tertiary/aromatic N) is 4. The van der Waals surface area contributed by atoms with Gasteiger partial charge in [-0.3, -0.25) is 0 Å². The quantitative estimate of drug-likeness (QED) is 0.500. The van der Waals surface area contributed by atoms with E-state index in [2.05, 4.69) is 43.4 Å². The molecule has 0 spiro atoms. The Morgan fingerprint density at radius 1 is 1.21 bits per heavy atom. The number of hydrogen-bond donors (Lipinski definition) is 0. The summed E-state index contributed by atoms with van der Waals surface area (Å²) in [7, 11) is 0. The van der Waals surface area contributed by atoms with Crippen molar-refractivity contribution in [1.29, 1.82) is 0 Å². The lowest BCUT2D eigenvalue weighted by molar-refractivity contribution is 0.417.